The first-order valence-electron chi connectivity index (χ1n) is 4.51. The fourth-order valence-electron chi connectivity index (χ4n) is 1.76. The first-order valence-corrected chi connectivity index (χ1v) is 4.51. The molecule has 11 heavy (non-hydrogen) atoms. The van der Waals surface area contributed by atoms with Crippen LogP contribution >= 0.6 is 0 Å². The number of hydrogen-bond acceptors (Lipinski definition) is 1. The molecule has 1 saturated heterocycles. The molecule has 0 atom stereocenters. The van der Waals surface area contributed by atoms with Gasteiger partial charge in [-0.2, -0.15) is 0 Å². The minimum absolute atomic E-state index is 0. The third-order valence-electron chi connectivity index (χ3n) is 2.54. The average Bonchev–Trinajstić information content (AvgIpc) is 1.95. The van der Waals surface area contributed by atoms with Crippen molar-refractivity contribution in [1.82, 2.24) is 4.90 Å². The van der Waals surface area contributed by atoms with Crippen LogP contribution in [0.25, 0.3) is 0 Å². The molecule has 0 N–H and O–H groups in total. The summed E-state index contributed by atoms with van der Waals surface area (Å²) in [7, 11) is 2.22. The molecule has 1 nitrogen and oxygen atoms in total. The fourth-order valence-corrected chi connectivity index (χ4v) is 1.76. The van der Waals surface area contributed by atoms with E-state index in [9.17, 15) is 0 Å². The van der Waals surface area contributed by atoms with Gasteiger partial charge in [-0.3, -0.25) is 0 Å². The molecule has 68 valence electrons. The quantitative estimate of drug-likeness (QED) is 0.596. The Hall–Kier alpha value is -0.0400. The molecule has 1 aliphatic rings. The zero-order chi connectivity index (χ0) is 7.40. The van der Waals surface area contributed by atoms with Crippen LogP contribution in [0.5, 0.6) is 0 Å². The summed E-state index contributed by atoms with van der Waals surface area (Å²) < 4.78 is 0. The van der Waals surface area contributed by atoms with Gasteiger partial charge < -0.3 is 4.90 Å². The molecule has 1 heterocycles. The number of piperidine rings is 1. The Morgan fingerprint density at radius 3 is 2.27 bits per heavy atom. The van der Waals surface area contributed by atoms with E-state index >= 15 is 0 Å². The molecular weight excluding hydrogens is 134 g/mol. The molecule has 1 aliphatic heterocycles. The lowest BCUT2D eigenvalue weighted by atomic mass is 9.93. The van der Waals surface area contributed by atoms with Crippen LogP contribution < -0.4 is 0 Å². The molecule has 0 aromatic heterocycles. The van der Waals surface area contributed by atoms with Crippen LogP contribution in [-0.4, -0.2) is 25.0 Å². The van der Waals surface area contributed by atoms with Gasteiger partial charge in [0.15, 0.2) is 0 Å². The summed E-state index contributed by atoms with van der Waals surface area (Å²) in [6.45, 7) is 4.94. The highest BCUT2D eigenvalue weighted by atomic mass is 15.1. The Bertz CT molecular complexity index is 82.9. The van der Waals surface area contributed by atoms with Crippen molar-refractivity contribution in [2.45, 2.75) is 40.0 Å². The van der Waals surface area contributed by atoms with Gasteiger partial charge in [-0.25, -0.2) is 0 Å². The van der Waals surface area contributed by atoms with E-state index in [1.54, 1.807) is 0 Å². The molecular formula is C10H23N. The third-order valence-corrected chi connectivity index (χ3v) is 2.54. The molecule has 1 fully saturated rings. The Balaban J connectivity index is 0.000001000. The van der Waals surface area contributed by atoms with Crippen molar-refractivity contribution in [3.8, 4) is 0 Å². The predicted octanol–water partition coefficient (Wildman–Crippen LogP) is 2.76. The maximum absolute atomic E-state index is 2.44. The maximum Gasteiger partial charge on any atom is -0.00191 e. The fraction of sp³-hybridized carbons (Fsp3) is 1.00. The lowest BCUT2D eigenvalue weighted by Gasteiger charge is -2.28. The van der Waals surface area contributed by atoms with Crippen molar-refractivity contribution < 1.29 is 0 Å². The summed E-state index contributed by atoms with van der Waals surface area (Å²) in [4.78, 5) is 2.44. The molecule has 1 rings (SSSR count). The second kappa shape index (κ2) is 5.59. The van der Waals surface area contributed by atoms with Gasteiger partial charge in [0.05, 0.1) is 0 Å². The van der Waals surface area contributed by atoms with E-state index in [0.29, 0.717) is 0 Å². The zero-order valence-corrected chi connectivity index (χ0v) is 7.27. The van der Waals surface area contributed by atoms with Gasteiger partial charge in [-0.05, 0) is 38.9 Å². The molecule has 0 amide bonds. The van der Waals surface area contributed by atoms with Gasteiger partial charge in [-0.15, -0.1) is 0 Å². The summed E-state index contributed by atoms with van der Waals surface area (Å²) in [5, 5.41) is 0. The van der Waals surface area contributed by atoms with E-state index in [1.807, 2.05) is 0 Å². The molecule has 0 saturated carbocycles. The van der Waals surface area contributed by atoms with Gasteiger partial charge in [0.2, 0.25) is 0 Å². The van der Waals surface area contributed by atoms with E-state index in [4.69, 9.17) is 0 Å². The number of rotatable bonds is 2. The standard InChI is InChI=1S/C9H19N.CH4/c1-3-4-9-5-7-10(2)8-6-9;/h9H,3-8H2,1-2H3;1H4. The Kier molecular flexibility index (Phi) is 5.57. The minimum Gasteiger partial charge on any atom is -0.306 e. The topological polar surface area (TPSA) is 3.24 Å². The molecule has 0 bridgehead atoms. The third kappa shape index (κ3) is 3.76. The van der Waals surface area contributed by atoms with E-state index in [2.05, 4.69) is 18.9 Å². The maximum atomic E-state index is 2.44. The second-order valence-electron chi connectivity index (χ2n) is 3.54. The highest BCUT2D eigenvalue weighted by Gasteiger charge is 2.14. The lowest BCUT2D eigenvalue weighted by Crippen LogP contribution is -2.29. The Morgan fingerprint density at radius 1 is 1.27 bits per heavy atom. The average molecular weight is 157 g/mol. The number of nitrogens with zero attached hydrogens (tertiary/aromatic N) is 1. The smallest absolute Gasteiger partial charge is 0.00191 e. The van der Waals surface area contributed by atoms with Gasteiger partial charge >= 0.3 is 0 Å². The molecule has 1 heteroatoms. The zero-order valence-electron chi connectivity index (χ0n) is 7.27. The van der Waals surface area contributed by atoms with E-state index in [0.717, 1.165) is 5.92 Å². The van der Waals surface area contributed by atoms with Gasteiger partial charge in [0, 0.05) is 0 Å². The summed E-state index contributed by atoms with van der Waals surface area (Å²) in [5.41, 5.74) is 0. The van der Waals surface area contributed by atoms with E-state index < -0.39 is 0 Å². The van der Waals surface area contributed by atoms with Crippen LogP contribution in [0.2, 0.25) is 0 Å². The molecule has 0 radical (unpaired) electrons. The van der Waals surface area contributed by atoms with E-state index in [-0.39, 0.29) is 7.43 Å². The largest absolute Gasteiger partial charge is 0.306 e. The normalized spacial score (nSPS) is 21.3. The van der Waals surface area contributed by atoms with E-state index in [1.165, 1.54) is 38.8 Å². The molecule has 0 aliphatic carbocycles. The highest BCUT2D eigenvalue weighted by Crippen LogP contribution is 2.20. The Labute approximate surface area is 71.8 Å². The predicted molar refractivity (Wildman–Crippen MR) is 51.9 cm³/mol. The van der Waals surface area contributed by atoms with Crippen molar-refractivity contribution in [1.29, 1.82) is 0 Å². The molecule has 0 spiro atoms. The summed E-state index contributed by atoms with van der Waals surface area (Å²) in [6, 6.07) is 0. The lowest BCUT2D eigenvalue weighted by molar-refractivity contribution is 0.211. The van der Waals surface area contributed by atoms with Crippen molar-refractivity contribution in [3.63, 3.8) is 0 Å². The van der Waals surface area contributed by atoms with Gasteiger partial charge in [0.1, 0.15) is 0 Å². The summed E-state index contributed by atoms with van der Waals surface area (Å²) in [5.74, 6) is 1.04. The van der Waals surface area contributed by atoms with Crippen LogP contribution in [-0.2, 0) is 0 Å². The molecule has 0 aromatic carbocycles. The summed E-state index contributed by atoms with van der Waals surface area (Å²) >= 11 is 0. The first kappa shape index (κ1) is 11.0. The van der Waals surface area contributed by atoms with Crippen LogP contribution in [0.4, 0.5) is 0 Å². The molecule has 0 aromatic rings. The van der Waals surface area contributed by atoms with Crippen LogP contribution in [0.1, 0.15) is 40.0 Å². The van der Waals surface area contributed by atoms with Gasteiger partial charge in [0.25, 0.3) is 0 Å². The van der Waals surface area contributed by atoms with Crippen LogP contribution in [0.3, 0.4) is 0 Å². The van der Waals surface area contributed by atoms with Crippen molar-refractivity contribution in [2.24, 2.45) is 5.92 Å². The van der Waals surface area contributed by atoms with Crippen molar-refractivity contribution in [2.75, 3.05) is 20.1 Å². The number of hydrogen-bond donors (Lipinski definition) is 0. The monoisotopic (exact) mass is 157 g/mol. The van der Waals surface area contributed by atoms with Crippen molar-refractivity contribution in [3.05, 3.63) is 0 Å². The minimum atomic E-state index is 0. The van der Waals surface area contributed by atoms with Crippen LogP contribution in [0, 0.1) is 5.92 Å². The SMILES string of the molecule is C.CCCC1CCN(C)CC1. The first-order chi connectivity index (χ1) is 4.83. The highest BCUT2D eigenvalue weighted by molar-refractivity contribution is 4.68. The van der Waals surface area contributed by atoms with Crippen molar-refractivity contribution >= 4 is 0 Å². The second-order valence-corrected chi connectivity index (χ2v) is 3.54. The Morgan fingerprint density at radius 2 is 1.82 bits per heavy atom. The van der Waals surface area contributed by atoms with Gasteiger partial charge in [-0.1, -0.05) is 27.2 Å². The number of likely N-dealkylation sites (tertiary alicyclic amines) is 1. The van der Waals surface area contributed by atoms with Crippen LogP contribution in [0.15, 0.2) is 0 Å². The molecule has 0 unspecified atom stereocenters. The summed E-state index contributed by atoms with van der Waals surface area (Å²) in [6.07, 6.45) is 5.69.